The van der Waals surface area contributed by atoms with Gasteiger partial charge >= 0.3 is 7.12 Å². The van der Waals surface area contributed by atoms with Crippen LogP contribution in [0.2, 0.25) is 0 Å². The molecule has 0 atom stereocenters. The van der Waals surface area contributed by atoms with E-state index in [2.05, 4.69) is 4.99 Å². The van der Waals surface area contributed by atoms with Crippen LogP contribution in [-0.4, -0.2) is 31.1 Å². The molecule has 19 heavy (non-hydrogen) atoms. The molecule has 2 aliphatic rings. The molecule has 0 saturated carbocycles. The van der Waals surface area contributed by atoms with Crippen LogP contribution in [0.4, 0.5) is 5.69 Å². The molecule has 100 valence electrons. The second-order valence-electron chi connectivity index (χ2n) is 5.94. The lowest BCUT2D eigenvalue weighted by atomic mass is 9.79. The Morgan fingerprint density at radius 1 is 1.11 bits per heavy atom. The fourth-order valence-corrected chi connectivity index (χ4v) is 2.15. The average Bonchev–Trinajstić information content (AvgIpc) is 2.58. The van der Waals surface area contributed by atoms with E-state index in [0.29, 0.717) is 6.61 Å². The fraction of sp³-hybridized carbons (Fsp3) is 0.500. The number of aliphatic imine (C=N–C) groups is 1. The van der Waals surface area contributed by atoms with E-state index in [1.807, 2.05) is 45.9 Å². The number of fused-ring (bicyclic) bond motifs is 1. The summed E-state index contributed by atoms with van der Waals surface area (Å²) in [4.78, 5) is 4.34. The summed E-state index contributed by atoms with van der Waals surface area (Å²) in [6.07, 6.45) is 1.76. The first-order chi connectivity index (χ1) is 8.89. The molecule has 0 bridgehead atoms. The van der Waals surface area contributed by atoms with Crippen molar-refractivity contribution in [2.24, 2.45) is 4.99 Å². The van der Waals surface area contributed by atoms with Crippen molar-refractivity contribution >= 4 is 24.5 Å². The third kappa shape index (κ3) is 2.07. The molecule has 1 fully saturated rings. The molecule has 2 heterocycles. The second kappa shape index (κ2) is 4.08. The molecular weight excluding hydrogens is 241 g/mol. The molecule has 0 amide bonds. The number of nitrogens with zero attached hydrogens (tertiary/aromatic N) is 1. The summed E-state index contributed by atoms with van der Waals surface area (Å²) in [6, 6.07) is 5.86. The summed E-state index contributed by atoms with van der Waals surface area (Å²) in [7, 11) is -0.354. The minimum absolute atomic E-state index is 0.326. The smallest absolute Gasteiger partial charge is 0.486 e. The number of rotatable bonds is 1. The Balaban J connectivity index is 1.91. The summed E-state index contributed by atoms with van der Waals surface area (Å²) in [5.74, 6) is 0.808. The summed E-state index contributed by atoms with van der Waals surface area (Å²) in [6.45, 7) is 8.72. The van der Waals surface area contributed by atoms with E-state index in [9.17, 15) is 0 Å². The molecule has 0 spiro atoms. The van der Waals surface area contributed by atoms with Gasteiger partial charge in [0.25, 0.3) is 0 Å². The minimum Gasteiger partial charge on any atom is -0.486 e. The van der Waals surface area contributed by atoms with Gasteiger partial charge in [-0.05, 0) is 45.3 Å². The van der Waals surface area contributed by atoms with Crippen LogP contribution in [0.25, 0.3) is 0 Å². The number of hydrogen-bond donors (Lipinski definition) is 0. The Kier molecular flexibility index (Phi) is 2.73. The average molecular weight is 259 g/mol. The first-order valence-corrected chi connectivity index (χ1v) is 6.54. The minimum atomic E-state index is -0.354. The number of benzene rings is 1. The molecule has 1 aromatic rings. The molecule has 0 N–H and O–H groups in total. The van der Waals surface area contributed by atoms with E-state index in [-0.39, 0.29) is 18.3 Å². The van der Waals surface area contributed by atoms with Gasteiger partial charge < -0.3 is 14.0 Å². The van der Waals surface area contributed by atoms with Crippen molar-refractivity contribution in [3.8, 4) is 5.75 Å². The second-order valence-corrected chi connectivity index (χ2v) is 5.94. The van der Waals surface area contributed by atoms with Gasteiger partial charge in [-0.2, -0.15) is 0 Å². The van der Waals surface area contributed by atoms with Crippen molar-refractivity contribution in [1.29, 1.82) is 0 Å². The quantitative estimate of drug-likeness (QED) is 0.725. The first kappa shape index (κ1) is 12.7. The van der Waals surface area contributed by atoms with Crippen LogP contribution in [0.3, 0.4) is 0 Å². The van der Waals surface area contributed by atoms with Crippen molar-refractivity contribution in [3.05, 3.63) is 18.2 Å². The van der Waals surface area contributed by atoms with Crippen LogP contribution < -0.4 is 10.2 Å². The Labute approximate surface area is 113 Å². The van der Waals surface area contributed by atoms with E-state index < -0.39 is 0 Å². The van der Waals surface area contributed by atoms with Gasteiger partial charge in [-0.3, -0.25) is 4.99 Å². The highest BCUT2D eigenvalue weighted by Gasteiger charge is 2.51. The Bertz CT molecular complexity index is 523. The predicted molar refractivity (Wildman–Crippen MR) is 75.8 cm³/mol. The van der Waals surface area contributed by atoms with Gasteiger partial charge in [0.1, 0.15) is 18.0 Å². The largest absolute Gasteiger partial charge is 0.494 e. The van der Waals surface area contributed by atoms with E-state index >= 15 is 0 Å². The first-order valence-electron chi connectivity index (χ1n) is 6.54. The van der Waals surface area contributed by atoms with Gasteiger partial charge in [-0.25, -0.2) is 0 Å². The zero-order chi connectivity index (χ0) is 13.7. The van der Waals surface area contributed by atoms with Crippen molar-refractivity contribution in [1.82, 2.24) is 0 Å². The maximum Gasteiger partial charge on any atom is 0.494 e. The van der Waals surface area contributed by atoms with Crippen molar-refractivity contribution in [2.45, 2.75) is 38.9 Å². The molecule has 1 aromatic carbocycles. The van der Waals surface area contributed by atoms with Gasteiger partial charge in [-0.15, -0.1) is 0 Å². The maximum atomic E-state index is 6.03. The van der Waals surface area contributed by atoms with Gasteiger partial charge in [0.2, 0.25) is 0 Å². The summed E-state index contributed by atoms with van der Waals surface area (Å²) < 4.78 is 17.5. The van der Waals surface area contributed by atoms with Crippen molar-refractivity contribution in [3.63, 3.8) is 0 Å². The standard InChI is InChI=1S/C14H18BNO3/c1-13(2)14(3,4)19-15(18-13)10-5-6-12-11(9-10)16-7-8-17-12/h5-7,9H,8H2,1-4H3. The zero-order valence-corrected chi connectivity index (χ0v) is 11.8. The molecule has 4 nitrogen and oxygen atoms in total. The monoisotopic (exact) mass is 259 g/mol. The van der Waals surface area contributed by atoms with Crippen molar-refractivity contribution in [2.75, 3.05) is 6.61 Å². The molecule has 2 aliphatic heterocycles. The third-order valence-corrected chi connectivity index (χ3v) is 4.05. The van der Waals surface area contributed by atoms with Crippen LogP contribution in [0.15, 0.2) is 23.2 Å². The predicted octanol–water partition coefficient (Wildman–Crippen LogP) is 2.08. The fourth-order valence-electron chi connectivity index (χ4n) is 2.15. The molecule has 0 unspecified atom stereocenters. The van der Waals surface area contributed by atoms with Gasteiger partial charge in [0.15, 0.2) is 0 Å². The van der Waals surface area contributed by atoms with E-state index in [1.165, 1.54) is 0 Å². The van der Waals surface area contributed by atoms with Gasteiger partial charge in [-0.1, -0.05) is 6.07 Å². The van der Waals surface area contributed by atoms with E-state index in [0.717, 1.165) is 16.9 Å². The number of hydrogen-bond acceptors (Lipinski definition) is 4. The highest BCUT2D eigenvalue weighted by molar-refractivity contribution is 6.62. The Hall–Kier alpha value is -1.33. The molecule has 0 aliphatic carbocycles. The SMILES string of the molecule is CC1(C)OB(c2ccc3c(c2)N=CCO3)OC1(C)C. The highest BCUT2D eigenvalue weighted by atomic mass is 16.7. The van der Waals surface area contributed by atoms with Crippen LogP contribution in [-0.2, 0) is 9.31 Å². The molecule has 3 rings (SSSR count). The normalized spacial score (nSPS) is 23.1. The molecule has 0 radical (unpaired) electrons. The Morgan fingerprint density at radius 3 is 2.47 bits per heavy atom. The number of ether oxygens (including phenoxy) is 1. The zero-order valence-electron chi connectivity index (χ0n) is 11.8. The van der Waals surface area contributed by atoms with Crippen LogP contribution >= 0.6 is 0 Å². The highest BCUT2D eigenvalue weighted by Crippen LogP contribution is 2.37. The summed E-state index contributed by atoms with van der Waals surface area (Å²) >= 11 is 0. The van der Waals surface area contributed by atoms with Crippen molar-refractivity contribution < 1.29 is 14.0 Å². The molecule has 5 heteroatoms. The third-order valence-electron chi connectivity index (χ3n) is 4.05. The van der Waals surface area contributed by atoms with E-state index in [1.54, 1.807) is 6.21 Å². The van der Waals surface area contributed by atoms with E-state index in [4.69, 9.17) is 14.0 Å². The lowest BCUT2D eigenvalue weighted by molar-refractivity contribution is 0.00578. The maximum absolute atomic E-state index is 6.03. The van der Waals surface area contributed by atoms with Gasteiger partial charge in [0, 0.05) is 6.21 Å². The van der Waals surface area contributed by atoms with Crippen LogP contribution in [0.1, 0.15) is 27.7 Å². The Morgan fingerprint density at radius 2 is 1.79 bits per heavy atom. The summed E-state index contributed by atoms with van der Waals surface area (Å²) in [5.41, 5.74) is 1.15. The lowest BCUT2D eigenvalue weighted by Gasteiger charge is -2.32. The molecule has 0 aromatic heterocycles. The van der Waals surface area contributed by atoms with Gasteiger partial charge in [0.05, 0.1) is 11.2 Å². The van der Waals surface area contributed by atoms with Crippen LogP contribution in [0, 0.1) is 0 Å². The van der Waals surface area contributed by atoms with Crippen LogP contribution in [0.5, 0.6) is 5.75 Å². The molecule has 1 saturated heterocycles. The molecular formula is C14H18BNO3. The summed E-state index contributed by atoms with van der Waals surface area (Å²) in [5, 5.41) is 0. The topological polar surface area (TPSA) is 40.0 Å². The lowest BCUT2D eigenvalue weighted by Crippen LogP contribution is -2.41.